The van der Waals surface area contributed by atoms with Crippen molar-refractivity contribution >= 4 is 0 Å². The Morgan fingerprint density at radius 3 is 1.46 bits per heavy atom. The highest BCUT2D eigenvalue weighted by Crippen LogP contribution is 2.20. The van der Waals surface area contributed by atoms with Crippen LogP contribution in [0.3, 0.4) is 0 Å². The smallest absolute Gasteiger partial charge is 0.0417 e. The molecule has 0 radical (unpaired) electrons. The zero-order chi connectivity index (χ0) is 9.94. The lowest BCUT2D eigenvalue weighted by Crippen LogP contribution is -1.98. The van der Waals surface area contributed by atoms with Crippen LogP contribution in [-0.4, -0.2) is 0 Å². The van der Waals surface area contributed by atoms with Crippen molar-refractivity contribution in [2.24, 2.45) is 5.92 Å². The average molecular weight is 184 g/mol. The van der Waals surface area contributed by atoms with Gasteiger partial charge in [-0.1, -0.05) is 78.6 Å². The van der Waals surface area contributed by atoms with Gasteiger partial charge in [-0.25, -0.2) is 0 Å². The van der Waals surface area contributed by atoms with Crippen LogP contribution in [-0.2, 0) is 0 Å². The lowest BCUT2D eigenvalue weighted by atomic mass is 9.93. The van der Waals surface area contributed by atoms with E-state index in [0.29, 0.717) is 0 Å². The zero-order valence-electron chi connectivity index (χ0n) is 9.94. The molecule has 0 heterocycles. The number of hydrogen-bond acceptors (Lipinski definition) is 0. The van der Waals surface area contributed by atoms with Gasteiger partial charge >= 0.3 is 0 Å². The normalized spacial score (nSPS) is 11.1. The van der Waals surface area contributed by atoms with Crippen molar-refractivity contribution in [2.45, 2.75) is 78.6 Å². The molecule has 80 valence electrons. The third-order valence-electron chi connectivity index (χ3n) is 3.01. The van der Waals surface area contributed by atoms with E-state index in [9.17, 15) is 0 Å². The fraction of sp³-hybridized carbons (Fsp3) is 1.00. The highest BCUT2D eigenvalue weighted by molar-refractivity contribution is 4.57. The number of rotatable bonds is 9. The molecular weight excluding hydrogens is 156 g/mol. The van der Waals surface area contributed by atoms with Crippen molar-refractivity contribution in [3.8, 4) is 0 Å². The van der Waals surface area contributed by atoms with Crippen molar-refractivity contribution in [1.29, 1.82) is 0 Å². The molecule has 0 unspecified atom stereocenters. The minimum Gasteiger partial charge on any atom is -0.0654 e. The molecule has 0 spiro atoms. The van der Waals surface area contributed by atoms with Gasteiger partial charge in [-0.15, -0.1) is 0 Å². The van der Waals surface area contributed by atoms with Crippen LogP contribution < -0.4 is 0 Å². The summed E-state index contributed by atoms with van der Waals surface area (Å²) in [4.78, 5) is 0. The quantitative estimate of drug-likeness (QED) is 0.433. The maximum atomic E-state index is 2.35. The molecule has 0 saturated heterocycles. The summed E-state index contributed by atoms with van der Waals surface area (Å²) in [6.07, 6.45) is 12.9. The maximum Gasteiger partial charge on any atom is -0.0417 e. The van der Waals surface area contributed by atoms with E-state index in [2.05, 4.69) is 20.8 Å². The van der Waals surface area contributed by atoms with Crippen LogP contribution in [0.5, 0.6) is 0 Å². The molecule has 0 aliphatic carbocycles. The Labute approximate surface area is 85.1 Å². The molecule has 0 aliphatic heterocycles. The zero-order valence-corrected chi connectivity index (χ0v) is 9.94. The van der Waals surface area contributed by atoms with Gasteiger partial charge in [0.25, 0.3) is 0 Å². The Morgan fingerprint density at radius 2 is 1.15 bits per heavy atom. The highest BCUT2D eigenvalue weighted by atomic mass is 14.1. The van der Waals surface area contributed by atoms with Gasteiger partial charge in [0.1, 0.15) is 0 Å². The van der Waals surface area contributed by atoms with Crippen LogP contribution in [0.4, 0.5) is 0 Å². The van der Waals surface area contributed by atoms with E-state index < -0.39 is 0 Å². The maximum absolute atomic E-state index is 2.35. The van der Waals surface area contributed by atoms with Crippen molar-refractivity contribution < 1.29 is 0 Å². The Hall–Kier alpha value is 0. The third kappa shape index (κ3) is 8.33. The molecule has 0 heteroatoms. The molecule has 0 N–H and O–H groups in total. The lowest BCUT2D eigenvalue weighted by Gasteiger charge is -2.13. The first-order chi connectivity index (χ1) is 6.35. The Morgan fingerprint density at radius 1 is 0.692 bits per heavy atom. The Balaban J connectivity index is 3.28. The largest absolute Gasteiger partial charge is 0.0654 e. The van der Waals surface area contributed by atoms with Gasteiger partial charge < -0.3 is 0 Å². The summed E-state index contributed by atoms with van der Waals surface area (Å²) in [5.41, 5.74) is 0. The molecule has 0 nitrogen and oxygen atoms in total. The summed E-state index contributed by atoms with van der Waals surface area (Å²) in [5, 5.41) is 0. The first-order valence-corrected chi connectivity index (χ1v) is 6.35. The fourth-order valence-electron chi connectivity index (χ4n) is 1.92. The average Bonchev–Trinajstić information content (AvgIpc) is 2.16. The lowest BCUT2D eigenvalue weighted by molar-refractivity contribution is 0.399. The van der Waals surface area contributed by atoms with Crippen LogP contribution in [0.25, 0.3) is 0 Å². The first-order valence-electron chi connectivity index (χ1n) is 6.35. The molecule has 0 aromatic heterocycles. The molecular formula is C13H28. The fourth-order valence-corrected chi connectivity index (χ4v) is 1.92. The van der Waals surface area contributed by atoms with Gasteiger partial charge in [-0.2, -0.15) is 0 Å². The second-order valence-corrected chi connectivity index (χ2v) is 4.27. The van der Waals surface area contributed by atoms with Gasteiger partial charge in [-0.3, -0.25) is 0 Å². The summed E-state index contributed by atoms with van der Waals surface area (Å²) < 4.78 is 0. The Bertz CT molecular complexity index is 76.0. The van der Waals surface area contributed by atoms with E-state index in [-0.39, 0.29) is 0 Å². The van der Waals surface area contributed by atoms with Crippen molar-refractivity contribution in [3.63, 3.8) is 0 Å². The topological polar surface area (TPSA) is 0 Å². The molecule has 0 atom stereocenters. The molecule has 0 rings (SSSR count). The second-order valence-electron chi connectivity index (χ2n) is 4.27. The molecule has 0 saturated carbocycles. The molecule has 0 aliphatic rings. The standard InChI is InChI=1S/C13H28/c1-4-7-9-11-13(6-3)12-10-8-5-2/h13H,4-12H2,1-3H3. The van der Waals surface area contributed by atoms with E-state index in [1.165, 1.54) is 57.8 Å². The minimum absolute atomic E-state index is 1.03. The molecule has 0 bridgehead atoms. The van der Waals surface area contributed by atoms with Gasteiger partial charge in [-0.05, 0) is 5.92 Å². The van der Waals surface area contributed by atoms with E-state index in [1.54, 1.807) is 0 Å². The predicted octanol–water partition coefficient (Wildman–Crippen LogP) is 5.17. The van der Waals surface area contributed by atoms with Crippen molar-refractivity contribution in [1.82, 2.24) is 0 Å². The van der Waals surface area contributed by atoms with Crippen molar-refractivity contribution in [3.05, 3.63) is 0 Å². The third-order valence-corrected chi connectivity index (χ3v) is 3.01. The van der Waals surface area contributed by atoms with Gasteiger partial charge in [0.2, 0.25) is 0 Å². The first kappa shape index (κ1) is 13.0. The molecule has 0 amide bonds. The van der Waals surface area contributed by atoms with Gasteiger partial charge in [0, 0.05) is 0 Å². The summed E-state index contributed by atoms with van der Waals surface area (Å²) in [6, 6.07) is 0. The van der Waals surface area contributed by atoms with Gasteiger partial charge in [0.15, 0.2) is 0 Å². The highest BCUT2D eigenvalue weighted by Gasteiger charge is 2.04. The van der Waals surface area contributed by atoms with E-state index in [1.807, 2.05) is 0 Å². The summed E-state index contributed by atoms with van der Waals surface area (Å²) >= 11 is 0. The van der Waals surface area contributed by atoms with Crippen LogP contribution >= 0.6 is 0 Å². The number of hydrogen-bond donors (Lipinski definition) is 0. The van der Waals surface area contributed by atoms with Gasteiger partial charge in [0.05, 0.1) is 0 Å². The van der Waals surface area contributed by atoms with E-state index >= 15 is 0 Å². The van der Waals surface area contributed by atoms with Crippen LogP contribution in [0, 0.1) is 5.92 Å². The molecule has 13 heavy (non-hydrogen) atoms. The second kappa shape index (κ2) is 10.1. The van der Waals surface area contributed by atoms with Crippen LogP contribution in [0.15, 0.2) is 0 Å². The summed E-state index contributed by atoms with van der Waals surface area (Å²) in [7, 11) is 0. The Kier molecular flexibility index (Phi) is 10.1. The SMILES string of the molecule is CCCCCC(CC)CCCCC. The number of unbranched alkanes of at least 4 members (excludes halogenated alkanes) is 4. The van der Waals surface area contributed by atoms with Crippen LogP contribution in [0.1, 0.15) is 78.6 Å². The monoisotopic (exact) mass is 184 g/mol. The molecule has 0 aromatic rings. The van der Waals surface area contributed by atoms with Crippen LogP contribution in [0.2, 0.25) is 0 Å². The van der Waals surface area contributed by atoms with E-state index in [0.717, 1.165) is 5.92 Å². The molecule has 0 aromatic carbocycles. The predicted molar refractivity (Wildman–Crippen MR) is 62.1 cm³/mol. The summed E-state index contributed by atoms with van der Waals surface area (Å²) in [6.45, 7) is 6.93. The minimum atomic E-state index is 1.03. The molecule has 0 fully saturated rings. The van der Waals surface area contributed by atoms with Crippen molar-refractivity contribution in [2.75, 3.05) is 0 Å². The van der Waals surface area contributed by atoms with E-state index in [4.69, 9.17) is 0 Å². The summed E-state index contributed by atoms with van der Waals surface area (Å²) in [5.74, 6) is 1.03.